The molecule has 1 atom stereocenters. The first-order valence-electron chi connectivity index (χ1n) is 11.8. The summed E-state index contributed by atoms with van der Waals surface area (Å²) in [6.07, 6.45) is 2.85. The lowest BCUT2D eigenvalue weighted by Crippen LogP contribution is -2.38. The largest absolute Gasteiger partial charge is 0.329 e. The van der Waals surface area contributed by atoms with Crippen molar-refractivity contribution in [1.29, 1.82) is 0 Å². The van der Waals surface area contributed by atoms with E-state index in [1.54, 1.807) is 47.4 Å². The lowest BCUT2D eigenvalue weighted by atomic mass is 10.1. The van der Waals surface area contributed by atoms with Crippen LogP contribution in [0.5, 0.6) is 0 Å². The number of unbranched alkanes of at least 4 members (excludes halogenated alkanes) is 2. The summed E-state index contributed by atoms with van der Waals surface area (Å²) in [4.78, 5) is 34.0. The minimum absolute atomic E-state index is 0.140. The number of halogens is 2. The molecule has 5 nitrogen and oxygen atoms in total. The van der Waals surface area contributed by atoms with Crippen LogP contribution in [0, 0.1) is 0 Å². The molecule has 0 bridgehead atoms. The van der Waals surface area contributed by atoms with Crippen molar-refractivity contribution in [3.63, 3.8) is 0 Å². The van der Waals surface area contributed by atoms with Gasteiger partial charge in [0.25, 0.3) is 11.5 Å². The van der Waals surface area contributed by atoms with Crippen molar-refractivity contribution in [2.45, 2.75) is 39.2 Å². The maximum Gasteiger partial charge on any atom is 0.266 e. The van der Waals surface area contributed by atoms with Crippen LogP contribution in [0.4, 0.5) is 0 Å². The van der Waals surface area contributed by atoms with Crippen LogP contribution in [-0.4, -0.2) is 26.9 Å². The summed E-state index contributed by atoms with van der Waals surface area (Å²) in [7, 11) is 0. The maximum atomic E-state index is 13.7. The van der Waals surface area contributed by atoms with Crippen molar-refractivity contribution >= 4 is 40.0 Å². The second-order valence-corrected chi connectivity index (χ2v) is 9.31. The molecule has 4 rings (SSSR count). The molecular weight excluding hydrogens is 481 g/mol. The molecule has 1 heterocycles. The molecule has 7 heteroatoms. The van der Waals surface area contributed by atoms with Crippen LogP contribution in [0.2, 0.25) is 10.0 Å². The summed E-state index contributed by atoms with van der Waals surface area (Å²) < 4.78 is 1.54. The summed E-state index contributed by atoms with van der Waals surface area (Å²) in [6.45, 7) is 4.56. The Kier molecular flexibility index (Phi) is 7.89. The predicted octanol–water partition coefficient (Wildman–Crippen LogP) is 7.09. The molecule has 0 saturated heterocycles. The van der Waals surface area contributed by atoms with Gasteiger partial charge >= 0.3 is 0 Å². The van der Waals surface area contributed by atoms with Crippen molar-refractivity contribution in [2.75, 3.05) is 6.54 Å². The Labute approximate surface area is 214 Å². The summed E-state index contributed by atoms with van der Waals surface area (Å²) >= 11 is 12.6. The fraction of sp³-hybridized carbons (Fsp3) is 0.250. The molecule has 0 spiro atoms. The summed E-state index contributed by atoms with van der Waals surface area (Å²) in [5, 5.41) is 1.49. The molecule has 0 fully saturated rings. The zero-order valence-corrected chi connectivity index (χ0v) is 21.3. The van der Waals surface area contributed by atoms with Gasteiger partial charge in [0.2, 0.25) is 0 Å². The lowest BCUT2D eigenvalue weighted by Gasteiger charge is -2.31. The second kappa shape index (κ2) is 11.1. The zero-order valence-electron chi connectivity index (χ0n) is 19.7. The first-order chi connectivity index (χ1) is 16.9. The second-order valence-electron chi connectivity index (χ2n) is 8.47. The van der Waals surface area contributed by atoms with E-state index in [1.165, 1.54) is 4.57 Å². The molecule has 0 aliphatic rings. The number of hydrogen-bond donors (Lipinski definition) is 0. The highest BCUT2D eigenvalue weighted by atomic mass is 35.5. The minimum atomic E-state index is -0.497. The van der Waals surface area contributed by atoms with Gasteiger partial charge < -0.3 is 4.90 Å². The third kappa shape index (κ3) is 5.26. The number of carbonyl (C=O) groups excluding carboxylic acids is 1. The topological polar surface area (TPSA) is 55.2 Å². The standard InChI is InChI=1S/C28H27Cl2N3O2/c1-3-4-9-18-32(27(34)20-14-16-21(29)17-15-20)19(2)26-31-24-12-7-5-10-22(24)28(35)33(26)25-13-8-6-11-23(25)30/h5-8,10-17,19H,3-4,9,18H2,1-2H3. The van der Waals surface area contributed by atoms with Gasteiger partial charge in [0.1, 0.15) is 5.82 Å². The molecule has 3 aromatic carbocycles. The van der Waals surface area contributed by atoms with Crippen molar-refractivity contribution in [2.24, 2.45) is 0 Å². The van der Waals surface area contributed by atoms with Crippen molar-refractivity contribution in [3.05, 3.63) is 105 Å². The van der Waals surface area contributed by atoms with E-state index in [0.717, 1.165) is 19.3 Å². The molecule has 0 aliphatic heterocycles. The summed E-state index contributed by atoms with van der Waals surface area (Å²) in [5.74, 6) is 0.319. The quantitative estimate of drug-likeness (QED) is 0.239. The molecule has 0 N–H and O–H groups in total. The van der Waals surface area contributed by atoms with E-state index in [0.29, 0.717) is 44.6 Å². The fourth-order valence-corrected chi connectivity index (χ4v) is 4.54. The van der Waals surface area contributed by atoms with E-state index in [4.69, 9.17) is 28.2 Å². The molecule has 0 aliphatic carbocycles. The van der Waals surface area contributed by atoms with Gasteiger partial charge in [0, 0.05) is 17.1 Å². The SMILES string of the molecule is CCCCCN(C(=O)c1ccc(Cl)cc1)C(C)c1nc2ccccc2c(=O)n1-c1ccccc1Cl. The van der Waals surface area contributed by atoms with Crippen LogP contribution in [0.15, 0.2) is 77.6 Å². The monoisotopic (exact) mass is 507 g/mol. The third-order valence-corrected chi connectivity index (χ3v) is 6.66. The number of nitrogens with zero attached hydrogens (tertiary/aromatic N) is 3. The van der Waals surface area contributed by atoms with Gasteiger partial charge in [0.05, 0.1) is 27.7 Å². The molecule has 1 unspecified atom stereocenters. The number of para-hydroxylation sites is 2. The van der Waals surface area contributed by atoms with Crippen LogP contribution >= 0.6 is 23.2 Å². The number of aromatic nitrogens is 2. The van der Waals surface area contributed by atoms with Crippen LogP contribution in [0.3, 0.4) is 0 Å². The molecule has 1 amide bonds. The first-order valence-corrected chi connectivity index (χ1v) is 12.5. The number of amides is 1. The van der Waals surface area contributed by atoms with Gasteiger partial charge in [0.15, 0.2) is 0 Å². The van der Waals surface area contributed by atoms with Gasteiger partial charge in [-0.1, -0.05) is 67.2 Å². The molecule has 180 valence electrons. The van der Waals surface area contributed by atoms with Crippen LogP contribution < -0.4 is 5.56 Å². The molecule has 0 radical (unpaired) electrons. The van der Waals surface area contributed by atoms with Crippen molar-refractivity contribution < 1.29 is 4.79 Å². The normalized spacial score (nSPS) is 12.0. The Hall–Kier alpha value is -3.15. The van der Waals surface area contributed by atoms with E-state index < -0.39 is 6.04 Å². The maximum absolute atomic E-state index is 13.7. The van der Waals surface area contributed by atoms with Crippen LogP contribution in [0.1, 0.15) is 55.3 Å². The van der Waals surface area contributed by atoms with Crippen LogP contribution in [0.25, 0.3) is 16.6 Å². The highest BCUT2D eigenvalue weighted by molar-refractivity contribution is 6.32. The molecule has 4 aromatic rings. The minimum Gasteiger partial charge on any atom is -0.329 e. The van der Waals surface area contributed by atoms with Gasteiger partial charge in [-0.2, -0.15) is 0 Å². The van der Waals surface area contributed by atoms with E-state index in [-0.39, 0.29) is 11.5 Å². The smallest absolute Gasteiger partial charge is 0.266 e. The number of carbonyl (C=O) groups is 1. The van der Waals surface area contributed by atoms with Gasteiger partial charge in [-0.3, -0.25) is 14.2 Å². The van der Waals surface area contributed by atoms with Crippen LogP contribution in [-0.2, 0) is 0 Å². The lowest BCUT2D eigenvalue weighted by molar-refractivity contribution is 0.0677. The van der Waals surface area contributed by atoms with Crippen molar-refractivity contribution in [3.8, 4) is 5.69 Å². The van der Waals surface area contributed by atoms with E-state index in [1.807, 2.05) is 37.3 Å². The predicted molar refractivity (Wildman–Crippen MR) is 143 cm³/mol. The van der Waals surface area contributed by atoms with Crippen molar-refractivity contribution in [1.82, 2.24) is 14.5 Å². The number of hydrogen-bond acceptors (Lipinski definition) is 3. The average molecular weight is 508 g/mol. The summed E-state index contributed by atoms with van der Waals surface area (Å²) in [5.41, 5.74) is 1.42. The Bertz CT molecular complexity index is 1400. The average Bonchev–Trinajstić information content (AvgIpc) is 2.87. The van der Waals surface area contributed by atoms with E-state index in [2.05, 4.69) is 6.92 Å². The Morgan fingerprint density at radius 3 is 2.37 bits per heavy atom. The Morgan fingerprint density at radius 1 is 0.971 bits per heavy atom. The highest BCUT2D eigenvalue weighted by Gasteiger charge is 2.28. The van der Waals surface area contributed by atoms with Gasteiger partial charge in [-0.25, -0.2) is 4.98 Å². The molecule has 0 saturated carbocycles. The number of rotatable bonds is 8. The first kappa shape index (κ1) is 25.0. The number of benzene rings is 3. The Morgan fingerprint density at radius 2 is 1.66 bits per heavy atom. The third-order valence-electron chi connectivity index (χ3n) is 6.09. The summed E-state index contributed by atoms with van der Waals surface area (Å²) in [6, 6.07) is 20.8. The number of fused-ring (bicyclic) bond motifs is 1. The van der Waals surface area contributed by atoms with E-state index in [9.17, 15) is 9.59 Å². The van der Waals surface area contributed by atoms with Gasteiger partial charge in [-0.05, 0) is 61.9 Å². The Balaban J connectivity index is 1.89. The highest BCUT2D eigenvalue weighted by Crippen LogP contribution is 2.28. The van der Waals surface area contributed by atoms with E-state index >= 15 is 0 Å². The molecular formula is C28H27Cl2N3O2. The fourth-order valence-electron chi connectivity index (χ4n) is 4.20. The zero-order chi connectivity index (χ0) is 24.9. The van der Waals surface area contributed by atoms with Gasteiger partial charge in [-0.15, -0.1) is 0 Å². The molecule has 1 aromatic heterocycles. The molecule has 35 heavy (non-hydrogen) atoms.